The van der Waals surface area contributed by atoms with E-state index in [-0.39, 0.29) is 6.04 Å². The Morgan fingerprint density at radius 3 is 2.65 bits per heavy atom. The predicted octanol–water partition coefficient (Wildman–Crippen LogP) is 4.08. The molecule has 1 unspecified atom stereocenters. The van der Waals surface area contributed by atoms with Crippen LogP contribution in [0.1, 0.15) is 49.0 Å². The number of rotatable bonds is 7. The minimum atomic E-state index is 0.110. The Labute approximate surface area is 124 Å². The summed E-state index contributed by atoms with van der Waals surface area (Å²) in [7, 11) is 0. The molecule has 0 fully saturated rings. The minimum Gasteiger partial charge on any atom is -0.487 e. The van der Waals surface area contributed by atoms with Crippen molar-refractivity contribution >= 4 is 11.3 Å². The Morgan fingerprint density at radius 1 is 1.25 bits per heavy atom. The zero-order valence-corrected chi connectivity index (χ0v) is 13.0. The Bertz CT molecular complexity index is 522. The average molecular weight is 290 g/mol. The average Bonchev–Trinajstić information content (AvgIpc) is 2.93. The van der Waals surface area contributed by atoms with E-state index in [0.29, 0.717) is 6.61 Å². The number of thiazole rings is 1. The second-order valence-electron chi connectivity index (χ2n) is 4.86. The minimum absolute atomic E-state index is 0.110. The van der Waals surface area contributed by atoms with E-state index in [9.17, 15) is 0 Å². The Morgan fingerprint density at radius 2 is 2.00 bits per heavy atom. The third kappa shape index (κ3) is 4.05. The molecule has 2 rings (SSSR count). The Hall–Kier alpha value is -1.39. The van der Waals surface area contributed by atoms with Gasteiger partial charge in [0.25, 0.3) is 0 Å². The number of nitrogens with two attached hydrogens (primary N) is 1. The molecular weight excluding hydrogens is 268 g/mol. The first-order valence-corrected chi connectivity index (χ1v) is 8.02. The maximum Gasteiger partial charge on any atom is 0.131 e. The van der Waals surface area contributed by atoms with Crippen molar-refractivity contribution in [2.45, 2.75) is 45.8 Å². The topological polar surface area (TPSA) is 48.1 Å². The molecule has 0 radical (unpaired) electrons. The van der Waals surface area contributed by atoms with Gasteiger partial charge in [-0.25, -0.2) is 4.98 Å². The van der Waals surface area contributed by atoms with Gasteiger partial charge in [-0.05, 0) is 37.0 Å². The molecule has 0 saturated heterocycles. The molecule has 2 aromatic rings. The van der Waals surface area contributed by atoms with Crippen molar-refractivity contribution in [2.75, 3.05) is 0 Å². The predicted molar refractivity (Wildman–Crippen MR) is 84.1 cm³/mol. The van der Waals surface area contributed by atoms with Gasteiger partial charge in [0.15, 0.2) is 0 Å². The van der Waals surface area contributed by atoms with E-state index in [1.165, 1.54) is 5.01 Å². The lowest BCUT2D eigenvalue weighted by atomic mass is 10.1. The van der Waals surface area contributed by atoms with E-state index in [1.54, 1.807) is 11.3 Å². The summed E-state index contributed by atoms with van der Waals surface area (Å²) in [4.78, 5) is 4.55. The molecule has 0 amide bonds. The smallest absolute Gasteiger partial charge is 0.131 e. The van der Waals surface area contributed by atoms with E-state index in [4.69, 9.17) is 10.5 Å². The standard InChI is InChI=1S/C16H22N2OS/c1-3-5-16-18-13(11-20-16)10-19-14-8-6-12(7-9-14)15(17)4-2/h6-9,11,15H,3-5,10,17H2,1-2H3. The number of hydrogen-bond donors (Lipinski definition) is 1. The first-order valence-electron chi connectivity index (χ1n) is 7.14. The number of benzene rings is 1. The fraction of sp³-hybridized carbons (Fsp3) is 0.438. The lowest BCUT2D eigenvalue weighted by molar-refractivity contribution is 0.301. The van der Waals surface area contributed by atoms with E-state index in [0.717, 1.165) is 36.3 Å². The number of nitrogens with zero attached hydrogens (tertiary/aromatic N) is 1. The molecule has 1 atom stereocenters. The molecule has 4 heteroatoms. The van der Waals surface area contributed by atoms with Crippen LogP contribution in [0.2, 0.25) is 0 Å². The molecule has 1 aromatic carbocycles. The van der Waals surface area contributed by atoms with Gasteiger partial charge in [0.2, 0.25) is 0 Å². The second kappa shape index (κ2) is 7.41. The van der Waals surface area contributed by atoms with Crippen molar-refractivity contribution in [3.05, 3.63) is 45.9 Å². The maximum atomic E-state index is 5.99. The lowest BCUT2D eigenvalue weighted by Crippen LogP contribution is -2.08. The maximum absolute atomic E-state index is 5.99. The normalized spacial score (nSPS) is 12.3. The Balaban J connectivity index is 1.89. The third-order valence-electron chi connectivity index (χ3n) is 3.20. The number of hydrogen-bond acceptors (Lipinski definition) is 4. The summed E-state index contributed by atoms with van der Waals surface area (Å²) in [5.74, 6) is 0.863. The highest BCUT2D eigenvalue weighted by atomic mass is 32.1. The molecule has 0 bridgehead atoms. The van der Waals surface area contributed by atoms with E-state index < -0.39 is 0 Å². The number of aromatic nitrogens is 1. The molecule has 1 heterocycles. The van der Waals surface area contributed by atoms with Crippen LogP contribution in [0.4, 0.5) is 0 Å². The summed E-state index contributed by atoms with van der Waals surface area (Å²) in [6.45, 7) is 4.78. The molecular formula is C16H22N2OS. The molecule has 2 N–H and O–H groups in total. The highest BCUT2D eigenvalue weighted by Crippen LogP contribution is 2.19. The Kier molecular flexibility index (Phi) is 5.56. The van der Waals surface area contributed by atoms with Gasteiger partial charge in [-0.1, -0.05) is 26.0 Å². The van der Waals surface area contributed by atoms with Crippen LogP contribution in [0.5, 0.6) is 5.75 Å². The largest absolute Gasteiger partial charge is 0.487 e. The SMILES string of the molecule is CCCc1nc(COc2ccc(C(N)CC)cc2)cs1. The van der Waals surface area contributed by atoms with Crippen LogP contribution in [0.25, 0.3) is 0 Å². The van der Waals surface area contributed by atoms with E-state index >= 15 is 0 Å². The molecule has 0 aliphatic rings. The van der Waals surface area contributed by atoms with Crippen LogP contribution in [0.3, 0.4) is 0 Å². The van der Waals surface area contributed by atoms with E-state index in [1.807, 2.05) is 24.3 Å². The van der Waals surface area contributed by atoms with Crippen molar-refractivity contribution in [1.82, 2.24) is 4.98 Å². The van der Waals surface area contributed by atoms with Crippen LogP contribution >= 0.6 is 11.3 Å². The molecule has 0 saturated carbocycles. The molecule has 0 spiro atoms. The number of ether oxygens (including phenoxy) is 1. The highest BCUT2D eigenvalue weighted by molar-refractivity contribution is 7.09. The van der Waals surface area contributed by atoms with Crippen molar-refractivity contribution in [3.63, 3.8) is 0 Å². The van der Waals surface area contributed by atoms with Crippen molar-refractivity contribution in [3.8, 4) is 5.75 Å². The van der Waals surface area contributed by atoms with Crippen molar-refractivity contribution in [2.24, 2.45) is 5.73 Å². The zero-order chi connectivity index (χ0) is 14.4. The summed E-state index contributed by atoms with van der Waals surface area (Å²) >= 11 is 1.71. The van der Waals surface area contributed by atoms with Crippen LogP contribution in [-0.2, 0) is 13.0 Å². The van der Waals surface area contributed by atoms with Gasteiger partial charge in [0.1, 0.15) is 12.4 Å². The number of aryl methyl sites for hydroxylation is 1. The van der Waals surface area contributed by atoms with Gasteiger partial charge in [0.05, 0.1) is 10.7 Å². The highest BCUT2D eigenvalue weighted by Gasteiger charge is 2.05. The van der Waals surface area contributed by atoms with Gasteiger partial charge in [-0.3, -0.25) is 0 Å². The van der Waals surface area contributed by atoms with Gasteiger partial charge >= 0.3 is 0 Å². The van der Waals surface area contributed by atoms with Crippen LogP contribution in [0, 0.1) is 0 Å². The quantitative estimate of drug-likeness (QED) is 0.835. The zero-order valence-electron chi connectivity index (χ0n) is 12.1. The summed E-state index contributed by atoms with van der Waals surface area (Å²) in [5, 5.41) is 3.27. The van der Waals surface area contributed by atoms with Crippen LogP contribution < -0.4 is 10.5 Å². The van der Waals surface area contributed by atoms with Crippen molar-refractivity contribution < 1.29 is 4.74 Å². The van der Waals surface area contributed by atoms with Crippen LogP contribution in [0.15, 0.2) is 29.6 Å². The van der Waals surface area contributed by atoms with Gasteiger partial charge in [0, 0.05) is 11.4 Å². The van der Waals surface area contributed by atoms with Crippen LogP contribution in [-0.4, -0.2) is 4.98 Å². The summed E-state index contributed by atoms with van der Waals surface area (Å²) < 4.78 is 5.76. The van der Waals surface area contributed by atoms with Gasteiger partial charge in [-0.15, -0.1) is 11.3 Å². The molecule has 1 aromatic heterocycles. The third-order valence-corrected chi connectivity index (χ3v) is 4.16. The molecule has 0 aliphatic heterocycles. The summed E-state index contributed by atoms with van der Waals surface area (Å²) in [6, 6.07) is 8.13. The second-order valence-corrected chi connectivity index (χ2v) is 5.80. The van der Waals surface area contributed by atoms with E-state index in [2.05, 4.69) is 24.2 Å². The van der Waals surface area contributed by atoms with Crippen molar-refractivity contribution in [1.29, 1.82) is 0 Å². The van der Waals surface area contributed by atoms with Gasteiger partial charge < -0.3 is 10.5 Å². The molecule has 0 aliphatic carbocycles. The first-order chi connectivity index (χ1) is 9.72. The lowest BCUT2D eigenvalue weighted by Gasteiger charge is -2.10. The molecule has 20 heavy (non-hydrogen) atoms. The summed E-state index contributed by atoms with van der Waals surface area (Å²) in [6.07, 6.45) is 3.13. The molecule has 3 nitrogen and oxygen atoms in total. The van der Waals surface area contributed by atoms with Gasteiger partial charge in [-0.2, -0.15) is 0 Å². The fourth-order valence-corrected chi connectivity index (χ4v) is 2.83. The monoisotopic (exact) mass is 290 g/mol. The first kappa shape index (κ1) is 15.0. The molecule has 108 valence electrons. The summed E-state index contributed by atoms with van der Waals surface area (Å²) in [5.41, 5.74) is 8.15. The fourth-order valence-electron chi connectivity index (χ4n) is 1.95.